The van der Waals surface area contributed by atoms with E-state index in [-0.39, 0.29) is 0 Å². The molecule has 6 heteroatoms. The number of aryl methyl sites for hydroxylation is 1. The fraction of sp³-hybridized carbons (Fsp3) is 0.136. The SMILES string of the molecule is Cc1ccc(CNCc2ccc(Oc3nnnn3-c3ccccc3)cc2)cc1. The van der Waals surface area contributed by atoms with Gasteiger partial charge in [-0.3, -0.25) is 0 Å². The third kappa shape index (κ3) is 4.42. The van der Waals surface area contributed by atoms with Gasteiger partial charge < -0.3 is 10.1 Å². The Morgan fingerprint density at radius 2 is 1.46 bits per heavy atom. The molecule has 0 bridgehead atoms. The van der Waals surface area contributed by atoms with Crippen molar-refractivity contribution in [1.82, 2.24) is 25.5 Å². The number of ether oxygens (including phenoxy) is 1. The van der Waals surface area contributed by atoms with E-state index in [2.05, 4.69) is 52.0 Å². The van der Waals surface area contributed by atoms with E-state index in [1.807, 2.05) is 54.6 Å². The zero-order valence-electron chi connectivity index (χ0n) is 15.6. The molecule has 6 nitrogen and oxygen atoms in total. The minimum absolute atomic E-state index is 0.330. The highest BCUT2D eigenvalue weighted by Gasteiger charge is 2.10. The Hall–Kier alpha value is -3.51. The van der Waals surface area contributed by atoms with Crippen molar-refractivity contribution >= 4 is 0 Å². The van der Waals surface area contributed by atoms with Gasteiger partial charge in [0.25, 0.3) is 0 Å². The number of nitrogens with one attached hydrogen (secondary N) is 1. The highest BCUT2D eigenvalue weighted by Crippen LogP contribution is 2.21. The lowest BCUT2D eigenvalue weighted by Crippen LogP contribution is -2.12. The summed E-state index contributed by atoms with van der Waals surface area (Å²) in [7, 11) is 0. The summed E-state index contributed by atoms with van der Waals surface area (Å²) in [6.07, 6.45) is 0. The Kier molecular flexibility index (Phi) is 5.40. The van der Waals surface area contributed by atoms with Crippen LogP contribution in [0.2, 0.25) is 0 Å². The minimum Gasteiger partial charge on any atom is -0.423 e. The standard InChI is InChI=1S/C22H21N5O/c1-17-7-9-18(10-8-17)15-23-16-19-11-13-21(14-12-19)28-22-24-25-26-27(22)20-5-3-2-4-6-20/h2-14,23H,15-16H2,1H3. The first-order valence-corrected chi connectivity index (χ1v) is 9.15. The monoisotopic (exact) mass is 371 g/mol. The second-order valence-electron chi connectivity index (χ2n) is 6.54. The molecular formula is C22H21N5O. The van der Waals surface area contributed by atoms with Crippen molar-refractivity contribution in [2.75, 3.05) is 0 Å². The summed E-state index contributed by atoms with van der Waals surface area (Å²) in [4.78, 5) is 0. The van der Waals surface area contributed by atoms with Crippen LogP contribution >= 0.6 is 0 Å². The highest BCUT2D eigenvalue weighted by molar-refractivity contribution is 5.34. The predicted octanol–water partition coefficient (Wildman–Crippen LogP) is 4.05. The Labute approximate surface area is 163 Å². The van der Waals surface area contributed by atoms with Gasteiger partial charge in [-0.2, -0.15) is 4.68 Å². The molecule has 28 heavy (non-hydrogen) atoms. The second kappa shape index (κ2) is 8.45. The lowest BCUT2D eigenvalue weighted by atomic mass is 10.1. The third-order valence-electron chi connectivity index (χ3n) is 4.35. The summed E-state index contributed by atoms with van der Waals surface area (Å²) in [5.74, 6) is 0.689. The van der Waals surface area contributed by atoms with Gasteiger partial charge in [0.15, 0.2) is 0 Å². The molecule has 140 valence electrons. The van der Waals surface area contributed by atoms with Gasteiger partial charge in [-0.05, 0) is 52.7 Å². The molecule has 0 radical (unpaired) electrons. The van der Waals surface area contributed by atoms with Gasteiger partial charge >= 0.3 is 6.01 Å². The maximum atomic E-state index is 5.85. The molecule has 0 fully saturated rings. The van der Waals surface area contributed by atoms with E-state index in [9.17, 15) is 0 Å². The first-order chi connectivity index (χ1) is 13.8. The maximum Gasteiger partial charge on any atom is 0.345 e. The predicted molar refractivity (Wildman–Crippen MR) is 107 cm³/mol. The van der Waals surface area contributed by atoms with Crippen molar-refractivity contribution in [3.63, 3.8) is 0 Å². The lowest BCUT2D eigenvalue weighted by molar-refractivity contribution is 0.427. The van der Waals surface area contributed by atoms with Crippen LogP contribution in [-0.4, -0.2) is 20.2 Å². The summed E-state index contributed by atoms with van der Waals surface area (Å²) in [6, 6.07) is 26.5. The van der Waals surface area contributed by atoms with E-state index < -0.39 is 0 Å². The van der Waals surface area contributed by atoms with E-state index in [4.69, 9.17) is 4.74 Å². The normalized spacial score (nSPS) is 10.8. The van der Waals surface area contributed by atoms with Gasteiger partial charge in [-0.15, -0.1) is 0 Å². The molecule has 1 N–H and O–H groups in total. The average molecular weight is 371 g/mol. The van der Waals surface area contributed by atoms with Crippen LogP contribution in [0.3, 0.4) is 0 Å². The third-order valence-corrected chi connectivity index (χ3v) is 4.35. The van der Waals surface area contributed by atoms with Crippen molar-refractivity contribution in [2.45, 2.75) is 20.0 Å². The van der Waals surface area contributed by atoms with E-state index in [0.717, 1.165) is 18.8 Å². The summed E-state index contributed by atoms with van der Waals surface area (Å²) < 4.78 is 7.42. The Balaban J connectivity index is 1.35. The number of hydrogen-bond donors (Lipinski definition) is 1. The quantitative estimate of drug-likeness (QED) is 0.531. The van der Waals surface area contributed by atoms with Gasteiger partial charge in [-0.1, -0.05) is 65.3 Å². The van der Waals surface area contributed by atoms with Crippen LogP contribution in [-0.2, 0) is 13.1 Å². The first-order valence-electron chi connectivity index (χ1n) is 9.15. The number of para-hydroxylation sites is 1. The van der Waals surface area contributed by atoms with Crippen molar-refractivity contribution in [2.24, 2.45) is 0 Å². The molecule has 0 saturated heterocycles. The van der Waals surface area contributed by atoms with Crippen LogP contribution < -0.4 is 10.1 Å². The van der Waals surface area contributed by atoms with Gasteiger partial charge in [0, 0.05) is 13.1 Å². The van der Waals surface area contributed by atoms with Crippen molar-refractivity contribution < 1.29 is 4.74 Å². The highest BCUT2D eigenvalue weighted by atomic mass is 16.5. The molecule has 0 unspecified atom stereocenters. The second-order valence-corrected chi connectivity index (χ2v) is 6.54. The molecule has 4 aromatic rings. The molecule has 0 aliphatic carbocycles. The number of aromatic nitrogens is 4. The van der Waals surface area contributed by atoms with Crippen LogP contribution in [0.15, 0.2) is 78.9 Å². The largest absolute Gasteiger partial charge is 0.423 e. The Bertz CT molecular complexity index is 1010. The van der Waals surface area contributed by atoms with Crippen molar-refractivity contribution in [3.05, 3.63) is 95.6 Å². The van der Waals surface area contributed by atoms with Crippen LogP contribution in [0.5, 0.6) is 11.8 Å². The minimum atomic E-state index is 0.330. The Morgan fingerprint density at radius 1 is 0.821 bits per heavy atom. The fourth-order valence-corrected chi connectivity index (χ4v) is 2.81. The van der Waals surface area contributed by atoms with Crippen LogP contribution in [0.1, 0.15) is 16.7 Å². The molecule has 3 aromatic carbocycles. The van der Waals surface area contributed by atoms with Crippen molar-refractivity contribution in [1.29, 1.82) is 0 Å². The van der Waals surface area contributed by atoms with E-state index in [1.165, 1.54) is 16.7 Å². The molecule has 1 heterocycles. The first kappa shape index (κ1) is 17.9. The maximum absolute atomic E-state index is 5.85. The number of benzene rings is 3. The van der Waals surface area contributed by atoms with Gasteiger partial charge in [-0.25, -0.2) is 0 Å². The van der Waals surface area contributed by atoms with E-state index >= 15 is 0 Å². The van der Waals surface area contributed by atoms with Crippen LogP contribution in [0.25, 0.3) is 5.69 Å². The van der Waals surface area contributed by atoms with Crippen LogP contribution in [0.4, 0.5) is 0 Å². The number of nitrogens with zero attached hydrogens (tertiary/aromatic N) is 4. The smallest absolute Gasteiger partial charge is 0.345 e. The molecule has 0 aliphatic heterocycles. The molecule has 0 atom stereocenters. The zero-order valence-corrected chi connectivity index (χ0v) is 15.6. The number of rotatable bonds is 7. The van der Waals surface area contributed by atoms with Crippen molar-refractivity contribution in [3.8, 4) is 17.4 Å². The molecule has 0 spiro atoms. The average Bonchev–Trinajstić information content (AvgIpc) is 3.20. The Morgan fingerprint density at radius 3 is 2.14 bits per heavy atom. The molecule has 0 amide bonds. The topological polar surface area (TPSA) is 64.9 Å². The number of hydrogen-bond acceptors (Lipinski definition) is 5. The molecular weight excluding hydrogens is 350 g/mol. The fourth-order valence-electron chi connectivity index (χ4n) is 2.81. The summed E-state index contributed by atoms with van der Waals surface area (Å²) in [6.45, 7) is 3.72. The zero-order chi connectivity index (χ0) is 19.2. The van der Waals surface area contributed by atoms with Crippen LogP contribution in [0, 0.1) is 6.92 Å². The summed E-state index contributed by atoms with van der Waals surface area (Å²) >= 11 is 0. The lowest BCUT2D eigenvalue weighted by Gasteiger charge is -2.08. The molecule has 0 aliphatic rings. The molecule has 4 rings (SSSR count). The number of tetrazole rings is 1. The van der Waals surface area contributed by atoms with E-state index in [1.54, 1.807) is 4.68 Å². The van der Waals surface area contributed by atoms with E-state index in [0.29, 0.717) is 11.8 Å². The van der Waals surface area contributed by atoms with Gasteiger partial charge in [0.05, 0.1) is 5.69 Å². The molecule has 0 saturated carbocycles. The van der Waals surface area contributed by atoms with Gasteiger partial charge in [0.2, 0.25) is 0 Å². The van der Waals surface area contributed by atoms with Gasteiger partial charge in [0.1, 0.15) is 5.75 Å². The summed E-state index contributed by atoms with van der Waals surface area (Å²) in [5, 5.41) is 15.1. The summed E-state index contributed by atoms with van der Waals surface area (Å²) in [5.41, 5.74) is 4.58. The molecule has 1 aromatic heterocycles.